The number of rotatable bonds is 10. The van der Waals surface area contributed by atoms with Gasteiger partial charge in [0.15, 0.2) is 0 Å². The van der Waals surface area contributed by atoms with Gasteiger partial charge in [-0.25, -0.2) is 8.42 Å². The number of ether oxygens (including phenoxy) is 1. The van der Waals surface area contributed by atoms with Crippen molar-refractivity contribution in [3.63, 3.8) is 0 Å². The smallest absolute Gasteiger partial charge is 0.245 e. The Morgan fingerprint density at radius 2 is 1.65 bits per heavy atom. The van der Waals surface area contributed by atoms with Crippen LogP contribution < -0.4 is 14.8 Å². The van der Waals surface area contributed by atoms with Crippen LogP contribution >= 0.6 is 34.8 Å². The van der Waals surface area contributed by atoms with Crippen LogP contribution in [-0.4, -0.2) is 27.0 Å². The highest BCUT2D eigenvalue weighted by molar-refractivity contribution is 7.89. The van der Waals surface area contributed by atoms with Crippen molar-refractivity contribution >= 4 is 50.7 Å². The number of carbonyl (C=O) groups excluding carboxylic acids is 1. The van der Waals surface area contributed by atoms with E-state index in [0.717, 1.165) is 5.56 Å². The summed E-state index contributed by atoms with van der Waals surface area (Å²) in [5.74, 6) is -0.371. The second-order valence-electron chi connectivity index (χ2n) is 7.34. The first-order chi connectivity index (χ1) is 16.2. The van der Waals surface area contributed by atoms with E-state index in [1.54, 1.807) is 25.1 Å². The molecular weight excluding hydrogens is 519 g/mol. The summed E-state index contributed by atoms with van der Waals surface area (Å²) in [6, 6.07) is 17.2. The van der Waals surface area contributed by atoms with Crippen LogP contribution in [-0.2, 0) is 27.8 Å². The van der Waals surface area contributed by atoms with Crippen LogP contribution in [0.5, 0.6) is 5.75 Å². The first-order valence-electron chi connectivity index (χ1n) is 10.4. The maximum absolute atomic E-state index is 13.3. The van der Waals surface area contributed by atoms with Gasteiger partial charge in [-0.15, -0.1) is 0 Å². The van der Waals surface area contributed by atoms with Gasteiger partial charge >= 0.3 is 0 Å². The third-order valence-electron chi connectivity index (χ3n) is 4.86. The molecule has 0 fully saturated rings. The average Bonchev–Trinajstić information content (AvgIpc) is 2.79. The third kappa shape index (κ3) is 7.10. The Bertz CT molecular complexity index is 1250. The van der Waals surface area contributed by atoms with Crippen LogP contribution in [0, 0.1) is 0 Å². The molecule has 6 nitrogen and oxygen atoms in total. The Labute approximate surface area is 214 Å². The van der Waals surface area contributed by atoms with Gasteiger partial charge in [-0.1, -0.05) is 71.2 Å². The number of sulfonamides is 1. The molecule has 34 heavy (non-hydrogen) atoms. The van der Waals surface area contributed by atoms with Gasteiger partial charge in [0.1, 0.15) is 16.7 Å². The molecule has 2 N–H and O–H groups in total. The highest BCUT2D eigenvalue weighted by Gasteiger charge is 2.28. The van der Waals surface area contributed by atoms with E-state index in [1.807, 2.05) is 30.3 Å². The van der Waals surface area contributed by atoms with Crippen molar-refractivity contribution in [3.8, 4) is 5.75 Å². The molecule has 0 radical (unpaired) electrons. The molecule has 0 heterocycles. The number of hydrogen-bond donors (Lipinski definition) is 2. The van der Waals surface area contributed by atoms with Crippen LogP contribution in [0.4, 0.5) is 0 Å². The van der Waals surface area contributed by atoms with Gasteiger partial charge in [-0.2, -0.15) is 4.72 Å². The summed E-state index contributed by atoms with van der Waals surface area (Å²) in [7, 11) is -4.16. The van der Waals surface area contributed by atoms with Gasteiger partial charge in [0.2, 0.25) is 15.9 Å². The number of amides is 1. The van der Waals surface area contributed by atoms with Gasteiger partial charge in [0.05, 0.1) is 6.61 Å². The van der Waals surface area contributed by atoms with E-state index in [9.17, 15) is 13.2 Å². The molecule has 0 spiro atoms. The highest BCUT2D eigenvalue weighted by Crippen LogP contribution is 2.28. The summed E-state index contributed by atoms with van der Waals surface area (Å²) in [5.41, 5.74) is 1.43. The summed E-state index contributed by atoms with van der Waals surface area (Å²) in [5, 5.41) is 3.85. The number of carbonyl (C=O) groups is 1. The lowest BCUT2D eigenvalue weighted by molar-refractivity contribution is -0.122. The van der Waals surface area contributed by atoms with Gasteiger partial charge in [-0.3, -0.25) is 4.79 Å². The quantitative estimate of drug-likeness (QED) is 0.367. The molecule has 0 aliphatic rings. The van der Waals surface area contributed by atoms with Gasteiger partial charge in [0, 0.05) is 21.6 Å². The zero-order valence-electron chi connectivity index (χ0n) is 18.2. The summed E-state index contributed by atoms with van der Waals surface area (Å²) in [4.78, 5) is 13.0. The fourth-order valence-corrected chi connectivity index (χ4v) is 5.30. The number of nitrogens with one attached hydrogen (secondary N) is 2. The van der Waals surface area contributed by atoms with E-state index in [-0.39, 0.29) is 35.2 Å². The molecule has 3 rings (SSSR count). The molecule has 0 bridgehead atoms. The fourth-order valence-electron chi connectivity index (χ4n) is 3.23. The molecule has 0 aliphatic carbocycles. The maximum Gasteiger partial charge on any atom is 0.245 e. The van der Waals surface area contributed by atoms with E-state index < -0.39 is 22.0 Å². The lowest BCUT2D eigenvalue weighted by Crippen LogP contribution is -2.47. The first kappa shape index (κ1) is 26.3. The summed E-state index contributed by atoms with van der Waals surface area (Å²) < 4.78 is 34.5. The second kappa shape index (κ2) is 11.9. The average molecular weight is 542 g/mol. The van der Waals surface area contributed by atoms with Crippen LogP contribution in [0.3, 0.4) is 0 Å². The fraction of sp³-hybridized carbons (Fsp3) is 0.208. The molecule has 3 aromatic rings. The minimum atomic E-state index is -4.16. The van der Waals surface area contributed by atoms with E-state index in [1.165, 1.54) is 18.2 Å². The van der Waals surface area contributed by atoms with Crippen molar-refractivity contribution in [1.82, 2.24) is 10.0 Å². The molecule has 0 saturated heterocycles. The Morgan fingerprint density at radius 3 is 2.32 bits per heavy atom. The van der Waals surface area contributed by atoms with Crippen molar-refractivity contribution < 1.29 is 17.9 Å². The maximum atomic E-state index is 13.3. The minimum Gasteiger partial charge on any atom is -0.492 e. The summed E-state index contributed by atoms with van der Waals surface area (Å²) in [6.45, 7) is 2.11. The largest absolute Gasteiger partial charge is 0.492 e. The minimum absolute atomic E-state index is 0.100. The van der Waals surface area contributed by atoms with Crippen molar-refractivity contribution in [3.05, 3.63) is 92.9 Å². The molecule has 0 aliphatic heterocycles. The number of benzene rings is 3. The summed E-state index contributed by atoms with van der Waals surface area (Å²) in [6.07, 6.45) is 0.130. The van der Waals surface area contributed by atoms with Crippen LogP contribution in [0.25, 0.3) is 0 Å². The molecule has 0 aromatic heterocycles. The normalized spacial score (nSPS) is 12.2. The number of hydrogen-bond acceptors (Lipinski definition) is 4. The van der Waals surface area contributed by atoms with E-state index in [4.69, 9.17) is 39.5 Å². The number of halogens is 3. The van der Waals surface area contributed by atoms with Crippen LogP contribution in [0.2, 0.25) is 15.1 Å². The van der Waals surface area contributed by atoms with Crippen molar-refractivity contribution in [2.75, 3.05) is 6.61 Å². The molecule has 10 heteroatoms. The Morgan fingerprint density at radius 1 is 0.971 bits per heavy atom. The molecule has 1 unspecified atom stereocenters. The Hall–Kier alpha value is -2.29. The topological polar surface area (TPSA) is 84.5 Å². The lowest BCUT2D eigenvalue weighted by atomic mass is 10.1. The van der Waals surface area contributed by atoms with Crippen molar-refractivity contribution in [1.29, 1.82) is 0 Å². The Balaban J connectivity index is 1.87. The van der Waals surface area contributed by atoms with Crippen molar-refractivity contribution in [2.45, 2.75) is 30.8 Å². The van der Waals surface area contributed by atoms with Gasteiger partial charge in [-0.05, 0) is 54.8 Å². The predicted octanol–water partition coefficient (Wildman–Crippen LogP) is 5.25. The molecular formula is C24H23Cl3N2O4S. The molecule has 180 valence electrons. The molecule has 0 saturated carbocycles. The van der Waals surface area contributed by atoms with E-state index >= 15 is 0 Å². The van der Waals surface area contributed by atoms with Crippen LogP contribution in [0.1, 0.15) is 18.1 Å². The predicted molar refractivity (Wildman–Crippen MR) is 135 cm³/mol. The monoisotopic (exact) mass is 540 g/mol. The van der Waals surface area contributed by atoms with Crippen LogP contribution in [0.15, 0.2) is 71.6 Å². The molecule has 1 atom stereocenters. The zero-order chi connectivity index (χ0) is 24.7. The molecule has 1 amide bonds. The highest BCUT2D eigenvalue weighted by atomic mass is 35.5. The van der Waals surface area contributed by atoms with E-state index in [2.05, 4.69) is 10.0 Å². The van der Waals surface area contributed by atoms with E-state index in [0.29, 0.717) is 15.6 Å². The SMILES string of the molecule is CCOc1ccc(Cl)cc1S(=O)(=O)NC(Cc1ccccc1)C(=O)NCc1ccc(Cl)cc1Cl. The second-order valence-corrected chi connectivity index (χ2v) is 10.3. The third-order valence-corrected chi connectivity index (χ3v) is 7.17. The first-order valence-corrected chi connectivity index (χ1v) is 13.0. The summed E-state index contributed by atoms with van der Waals surface area (Å²) >= 11 is 18.2. The molecule has 3 aromatic carbocycles. The zero-order valence-corrected chi connectivity index (χ0v) is 21.3. The lowest BCUT2D eigenvalue weighted by Gasteiger charge is -2.20. The van der Waals surface area contributed by atoms with Crippen molar-refractivity contribution in [2.24, 2.45) is 0 Å². The standard InChI is InChI=1S/C24H23Cl3N2O4S/c1-2-33-22-11-10-19(26)14-23(22)34(31,32)29-21(12-16-6-4-3-5-7-16)24(30)28-15-17-8-9-18(25)13-20(17)27/h3-11,13-14,21,29H,2,12,15H2,1H3,(H,28,30). The Kier molecular flexibility index (Phi) is 9.22. The van der Waals surface area contributed by atoms with Gasteiger partial charge in [0.25, 0.3) is 0 Å². The van der Waals surface area contributed by atoms with Gasteiger partial charge < -0.3 is 10.1 Å².